The van der Waals surface area contributed by atoms with Crippen molar-refractivity contribution in [2.75, 3.05) is 0 Å². The van der Waals surface area contributed by atoms with Gasteiger partial charge in [0.15, 0.2) is 0 Å². The van der Waals surface area contributed by atoms with Gasteiger partial charge in [0.2, 0.25) is 0 Å². The normalized spacial score (nSPS) is 13.0. The first kappa shape index (κ1) is 14.4. The molecule has 0 spiro atoms. The van der Waals surface area contributed by atoms with E-state index in [0.29, 0.717) is 5.56 Å². The van der Waals surface area contributed by atoms with E-state index >= 15 is 0 Å². The van der Waals surface area contributed by atoms with E-state index in [9.17, 15) is 13.8 Å². The van der Waals surface area contributed by atoms with Crippen molar-refractivity contribution in [3.05, 3.63) is 35.4 Å². The van der Waals surface area contributed by atoms with Gasteiger partial charge < -0.3 is 10.2 Å². The summed E-state index contributed by atoms with van der Waals surface area (Å²) in [7, 11) is -1.58. The minimum Gasteiger partial charge on any atom is -0.480 e. The lowest BCUT2D eigenvalue weighted by atomic mass is 10.1. The van der Waals surface area contributed by atoms with Gasteiger partial charge in [0, 0.05) is 16.6 Å². The number of benzene rings is 1. The molecule has 98 valence electrons. The van der Waals surface area contributed by atoms with Crippen molar-refractivity contribution in [1.82, 2.24) is 0 Å². The molecule has 0 aliphatic carbocycles. The molecule has 1 unspecified atom stereocenters. The summed E-state index contributed by atoms with van der Waals surface area (Å²) in [6.45, 7) is 2.80. The van der Waals surface area contributed by atoms with E-state index in [-0.39, 0.29) is 11.3 Å². The van der Waals surface area contributed by atoms with E-state index in [4.69, 9.17) is 10.2 Å². The zero-order chi connectivity index (χ0) is 13.9. The third kappa shape index (κ3) is 3.16. The third-order valence-corrected chi connectivity index (χ3v) is 4.49. The number of carbonyl (C=O) groups is 2. The number of hydrogen-bond acceptors (Lipinski definition) is 3. The van der Waals surface area contributed by atoms with Gasteiger partial charge in [-0.15, -0.1) is 0 Å². The average Bonchev–Trinajstić information content (AvgIpc) is 2.29. The van der Waals surface area contributed by atoms with Crippen LogP contribution in [-0.2, 0) is 21.3 Å². The summed E-state index contributed by atoms with van der Waals surface area (Å²) in [5.41, 5.74) is 0.787. The van der Waals surface area contributed by atoms with E-state index in [1.807, 2.05) is 0 Å². The summed E-state index contributed by atoms with van der Waals surface area (Å²) in [4.78, 5) is 21.6. The predicted octanol–water partition coefficient (Wildman–Crippen LogP) is 1.50. The molecule has 0 saturated heterocycles. The molecular weight excluding hydrogens is 256 g/mol. The molecule has 0 aromatic heterocycles. The second kappa shape index (κ2) is 5.30. The van der Waals surface area contributed by atoms with E-state index in [2.05, 4.69) is 0 Å². The van der Waals surface area contributed by atoms with Gasteiger partial charge in [-0.05, 0) is 31.5 Å². The van der Waals surface area contributed by atoms with Crippen LogP contribution in [0.4, 0.5) is 0 Å². The van der Waals surface area contributed by atoms with Crippen LogP contribution in [0.3, 0.4) is 0 Å². The molecule has 6 heteroatoms. The Morgan fingerprint density at radius 2 is 1.67 bits per heavy atom. The Hall–Kier alpha value is -1.69. The molecule has 0 fully saturated rings. The molecule has 0 amide bonds. The second-order valence-corrected chi connectivity index (χ2v) is 6.31. The summed E-state index contributed by atoms with van der Waals surface area (Å²) in [5, 5.41) is 17.7. The SMILES string of the molecule is CC(C)(C(=O)O)S(=O)Cc1ccc(C(=O)O)cc1. The fraction of sp³-hybridized carbons (Fsp3) is 0.333. The molecule has 1 aromatic rings. The largest absolute Gasteiger partial charge is 0.480 e. The van der Waals surface area contributed by atoms with Gasteiger partial charge in [-0.3, -0.25) is 9.00 Å². The number of aromatic carboxylic acids is 1. The molecule has 1 atom stereocenters. The van der Waals surface area contributed by atoms with Crippen LogP contribution in [0.1, 0.15) is 29.8 Å². The monoisotopic (exact) mass is 270 g/mol. The van der Waals surface area contributed by atoms with Crippen LogP contribution in [0.2, 0.25) is 0 Å². The van der Waals surface area contributed by atoms with E-state index < -0.39 is 27.5 Å². The lowest BCUT2D eigenvalue weighted by molar-refractivity contribution is -0.139. The van der Waals surface area contributed by atoms with Gasteiger partial charge in [0.05, 0.1) is 5.56 Å². The Bertz CT molecular complexity index is 490. The Kier molecular flexibility index (Phi) is 4.24. The first-order chi connectivity index (χ1) is 8.25. The molecule has 0 heterocycles. The average molecular weight is 270 g/mol. The smallest absolute Gasteiger partial charge is 0.335 e. The minimum absolute atomic E-state index is 0.0825. The summed E-state index contributed by atoms with van der Waals surface area (Å²) in [5.74, 6) is -2.07. The number of hydrogen-bond donors (Lipinski definition) is 2. The minimum atomic E-state index is -1.58. The van der Waals surface area contributed by atoms with Crippen LogP contribution in [-0.4, -0.2) is 31.1 Å². The quantitative estimate of drug-likeness (QED) is 0.846. The van der Waals surface area contributed by atoms with Crippen molar-refractivity contribution in [2.24, 2.45) is 0 Å². The summed E-state index contributed by atoms with van der Waals surface area (Å²) in [6, 6.07) is 5.89. The van der Waals surface area contributed by atoms with Crippen LogP contribution in [0.5, 0.6) is 0 Å². The maximum Gasteiger partial charge on any atom is 0.335 e. The van der Waals surface area contributed by atoms with Gasteiger partial charge in [-0.1, -0.05) is 12.1 Å². The number of rotatable bonds is 5. The van der Waals surface area contributed by atoms with Gasteiger partial charge >= 0.3 is 11.9 Å². The molecule has 2 N–H and O–H groups in total. The first-order valence-corrected chi connectivity index (χ1v) is 6.51. The van der Waals surface area contributed by atoms with Crippen LogP contribution >= 0.6 is 0 Å². The molecule has 0 aliphatic rings. The Balaban J connectivity index is 2.83. The molecule has 0 aliphatic heterocycles. The molecular formula is C12H14O5S. The maximum atomic E-state index is 11.9. The van der Waals surface area contributed by atoms with Crippen LogP contribution < -0.4 is 0 Å². The first-order valence-electron chi connectivity index (χ1n) is 5.19. The molecule has 0 saturated carbocycles. The van der Waals surface area contributed by atoms with Crippen molar-refractivity contribution in [3.8, 4) is 0 Å². The standard InChI is InChI=1S/C12H14O5S/c1-12(2,11(15)16)18(17)7-8-3-5-9(6-4-8)10(13)14/h3-6H,7H2,1-2H3,(H,13,14)(H,15,16). The zero-order valence-corrected chi connectivity index (χ0v) is 10.9. The molecule has 5 nitrogen and oxygen atoms in total. The molecule has 1 aromatic carbocycles. The maximum absolute atomic E-state index is 11.9. The van der Waals surface area contributed by atoms with E-state index in [1.54, 1.807) is 12.1 Å². The topological polar surface area (TPSA) is 91.7 Å². The highest BCUT2D eigenvalue weighted by Crippen LogP contribution is 2.18. The van der Waals surface area contributed by atoms with Crippen molar-refractivity contribution in [1.29, 1.82) is 0 Å². The number of carboxylic acid groups (broad SMARTS) is 2. The zero-order valence-electron chi connectivity index (χ0n) is 10.0. The fourth-order valence-electron chi connectivity index (χ4n) is 1.17. The summed E-state index contributed by atoms with van der Waals surface area (Å²) >= 11 is 0. The Labute approximate surface area is 107 Å². The highest BCUT2D eigenvalue weighted by molar-refractivity contribution is 7.86. The van der Waals surface area contributed by atoms with Crippen molar-refractivity contribution >= 4 is 22.7 Å². The van der Waals surface area contributed by atoms with Gasteiger partial charge in [0.25, 0.3) is 0 Å². The highest BCUT2D eigenvalue weighted by Gasteiger charge is 2.34. The van der Waals surface area contributed by atoms with Crippen LogP contribution in [0, 0.1) is 0 Å². The molecule has 1 rings (SSSR count). The van der Waals surface area contributed by atoms with Gasteiger partial charge in [0.1, 0.15) is 4.75 Å². The van der Waals surface area contributed by atoms with Crippen molar-refractivity contribution < 1.29 is 24.0 Å². The van der Waals surface area contributed by atoms with Crippen LogP contribution in [0.25, 0.3) is 0 Å². The Morgan fingerprint density at radius 1 is 1.17 bits per heavy atom. The van der Waals surface area contributed by atoms with E-state index in [1.165, 1.54) is 26.0 Å². The highest BCUT2D eigenvalue weighted by atomic mass is 32.2. The number of aliphatic carboxylic acids is 1. The van der Waals surface area contributed by atoms with Crippen molar-refractivity contribution in [3.63, 3.8) is 0 Å². The fourth-order valence-corrected chi connectivity index (χ4v) is 2.22. The van der Waals surface area contributed by atoms with Crippen LogP contribution in [0.15, 0.2) is 24.3 Å². The lowest BCUT2D eigenvalue weighted by Gasteiger charge is -2.18. The Morgan fingerprint density at radius 3 is 2.06 bits per heavy atom. The third-order valence-electron chi connectivity index (χ3n) is 2.58. The van der Waals surface area contributed by atoms with Crippen molar-refractivity contribution in [2.45, 2.75) is 24.3 Å². The van der Waals surface area contributed by atoms with E-state index in [0.717, 1.165) is 0 Å². The second-order valence-electron chi connectivity index (χ2n) is 4.31. The molecule has 0 bridgehead atoms. The summed E-state index contributed by atoms with van der Waals surface area (Å²) < 4.78 is 10.6. The molecule has 18 heavy (non-hydrogen) atoms. The number of carboxylic acids is 2. The molecule has 0 radical (unpaired) electrons. The van der Waals surface area contributed by atoms with Gasteiger partial charge in [-0.25, -0.2) is 4.79 Å². The summed E-state index contributed by atoms with van der Waals surface area (Å²) in [6.07, 6.45) is 0. The lowest BCUT2D eigenvalue weighted by Crippen LogP contribution is -2.37. The predicted molar refractivity (Wildman–Crippen MR) is 67.0 cm³/mol. The van der Waals surface area contributed by atoms with Gasteiger partial charge in [-0.2, -0.15) is 0 Å².